The third-order valence-electron chi connectivity index (χ3n) is 3.07. The topological polar surface area (TPSA) is 26.3 Å². The monoisotopic (exact) mass is 260 g/mol. The number of rotatable bonds is 13. The maximum Gasteiger partial charge on any atom is 0.305 e. The number of carbonyl (C=O) groups is 1. The van der Waals surface area contributed by atoms with Crippen molar-refractivity contribution in [3.05, 3.63) is 0 Å². The summed E-state index contributed by atoms with van der Waals surface area (Å²) >= 11 is 0. The van der Waals surface area contributed by atoms with Gasteiger partial charge in [-0.1, -0.05) is 51.4 Å². The molecule has 0 aliphatic heterocycles. The third-order valence-corrected chi connectivity index (χ3v) is 3.07. The summed E-state index contributed by atoms with van der Waals surface area (Å²) in [5.41, 5.74) is 0. The first-order valence-corrected chi connectivity index (χ1v) is 7.52. The molecule has 0 spiro atoms. The Morgan fingerprint density at radius 1 is 0.833 bits per heavy atom. The molecule has 18 heavy (non-hydrogen) atoms. The number of hydrogen-bond donors (Lipinski definition) is 0. The van der Waals surface area contributed by atoms with Crippen molar-refractivity contribution in [2.75, 3.05) is 13.3 Å². The molecule has 0 aromatic carbocycles. The lowest BCUT2D eigenvalue weighted by molar-refractivity contribution is -0.143. The van der Waals surface area contributed by atoms with E-state index < -0.39 is 0 Å². The number of esters is 1. The van der Waals surface area contributed by atoms with Crippen LogP contribution in [0.25, 0.3) is 0 Å². The molecular weight excluding hydrogens is 231 g/mol. The van der Waals surface area contributed by atoms with Crippen molar-refractivity contribution in [1.29, 1.82) is 0 Å². The number of alkyl halides is 1. The summed E-state index contributed by atoms with van der Waals surface area (Å²) < 4.78 is 16.7. The van der Waals surface area contributed by atoms with E-state index in [2.05, 4.69) is 0 Å². The van der Waals surface area contributed by atoms with E-state index in [4.69, 9.17) is 4.74 Å². The molecule has 0 radical (unpaired) electrons. The van der Waals surface area contributed by atoms with Gasteiger partial charge in [-0.05, 0) is 19.8 Å². The van der Waals surface area contributed by atoms with Crippen molar-refractivity contribution in [3.63, 3.8) is 0 Å². The molecular formula is C15H29FO2. The van der Waals surface area contributed by atoms with Crippen LogP contribution in [0.3, 0.4) is 0 Å². The van der Waals surface area contributed by atoms with E-state index in [0.29, 0.717) is 13.0 Å². The fourth-order valence-corrected chi connectivity index (χ4v) is 2.01. The number of halogens is 1. The fraction of sp³-hybridized carbons (Fsp3) is 0.933. The lowest BCUT2D eigenvalue weighted by Gasteiger charge is -2.03. The van der Waals surface area contributed by atoms with Gasteiger partial charge in [0, 0.05) is 6.42 Å². The Bertz CT molecular complexity index is 183. The smallest absolute Gasteiger partial charge is 0.305 e. The van der Waals surface area contributed by atoms with Crippen LogP contribution in [0.4, 0.5) is 4.39 Å². The third kappa shape index (κ3) is 13.5. The molecule has 0 atom stereocenters. The quantitative estimate of drug-likeness (QED) is 0.351. The largest absolute Gasteiger partial charge is 0.466 e. The Hall–Kier alpha value is -0.600. The van der Waals surface area contributed by atoms with Crippen molar-refractivity contribution < 1.29 is 13.9 Å². The van der Waals surface area contributed by atoms with E-state index >= 15 is 0 Å². The average Bonchev–Trinajstić information content (AvgIpc) is 2.36. The first-order valence-electron chi connectivity index (χ1n) is 7.52. The zero-order chi connectivity index (χ0) is 13.5. The van der Waals surface area contributed by atoms with Gasteiger partial charge in [0.25, 0.3) is 0 Å². The maximum atomic E-state index is 11.8. The molecule has 2 nitrogen and oxygen atoms in total. The fourth-order valence-electron chi connectivity index (χ4n) is 2.01. The van der Waals surface area contributed by atoms with Gasteiger partial charge in [-0.15, -0.1) is 0 Å². The van der Waals surface area contributed by atoms with Crippen molar-refractivity contribution in [2.24, 2.45) is 0 Å². The second-order valence-electron chi connectivity index (χ2n) is 4.78. The van der Waals surface area contributed by atoms with Gasteiger partial charge in [-0.25, -0.2) is 0 Å². The van der Waals surface area contributed by atoms with Crippen LogP contribution in [0.1, 0.15) is 77.6 Å². The van der Waals surface area contributed by atoms with Gasteiger partial charge < -0.3 is 4.74 Å². The molecule has 0 aromatic rings. The van der Waals surface area contributed by atoms with Crippen molar-refractivity contribution in [2.45, 2.75) is 77.6 Å². The molecule has 0 amide bonds. The molecule has 0 heterocycles. The first kappa shape index (κ1) is 17.4. The van der Waals surface area contributed by atoms with Crippen LogP contribution in [-0.4, -0.2) is 19.3 Å². The van der Waals surface area contributed by atoms with Crippen LogP contribution in [0.15, 0.2) is 0 Å². The van der Waals surface area contributed by atoms with Crippen LogP contribution in [-0.2, 0) is 9.53 Å². The second-order valence-corrected chi connectivity index (χ2v) is 4.78. The van der Waals surface area contributed by atoms with Gasteiger partial charge >= 0.3 is 5.97 Å². The maximum absolute atomic E-state index is 11.8. The minimum Gasteiger partial charge on any atom is -0.466 e. The van der Waals surface area contributed by atoms with E-state index in [1.54, 1.807) is 0 Å². The summed E-state index contributed by atoms with van der Waals surface area (Å²) in [6.45, 7) is 2.16. The van der Waals surface area contributed by atoms with Crippen LogP contribution >= 0.6 is 0 Å². The summed E-state index contributed by atoms with van der Waals surface area (Å²) in [6.07, 6.45) is 11.8. The van der Waals surface area contributed by atoms with Crippen LogP contribution in [0, 0.1) is 0 Å². The summed E-state index contributed by atoms with van der Waals surface area (Å²) in [6, 6.07) is 0. The summed E-state index contributed by atoms with van der Waals surface area (Å²) in [4.78, 5) is 11.1. The zero-order valence-corrected chi connectivity index (χ0v) is 11.9. The van der Waals surface area contributed by atoms with Crippen molar-refractivity contribution in [3.8, 4) is 0 Å². The van der Waals surface area contributed by atoms with E-state index in [1.165, 1.54) is 38.5 Å². The van der Waals surface area contributed by atoms with Gasteiger partial charge in [0.1, 0.15) is 0 Å². The molecule has 0 N–H and O–H groups in total. The highest BCUT2D eigenvalue weighted by molar-refractivity contribution is 5.69. The molecule has 0 aliphatic rings. The average molecular weight is 260 g/mol. The summed E-state index contributed by atoms with van der Waals surface area (Å²) in [7, 11) is 0. The van der Waals surface area contributed by atoms with Gasteiger partial charge in [0.05, 0.1) is 13.3 Å². The highest BCUT2D eigenvalue weighted by Crippen LogP contribution is 2.11. The van der Waals surface area contributed by atoms with Gasteiger partial charge in [0.2, 0.25) is 0 Å². The Labute approximate surface area is 111 Å². The molecule has 0 aliphatic carbocycles. The molecule has 3 heteroatoms. The van der Waals surface area contributed by atoms with Gasteiger partial charge in [0.15, 0.2) is 0 Å². The van der Waals surface area contributed by atoms with Crippen molar-refractivity contribution in [1.82, 2.24) is 0 Å². The highest BCUT2D eigenvalue weighted by atomic mass is 19.1. The second kappa shape index (κ2) is 14.5. The van der Waals surface area contributed by atoms with Crippen LogP contribution in [0.5, 0.6) is 0 Å². The Morgan fingerprint density at radius 2 is 1.28 bits per heavy atom. The molecule has 0 unspecified atom stereocenters. The highest BCUT2D eigenvalue weighted by Gasteiger charge is 2.00. The number of unbranched alkanes of at least 4 members (excludes halogenated alkanes) is 9. The SMILES string of the molecule is CCOC(=O)CCCCCCCCCCCCF. The minimum absolute atomic E-state index is 0.0645. The van der Waals surface area contributed by atoms with Crippen molar-refractivity contribution >= 4 is 5.97 Å². The van der Waals surface area contributed by atoms with E-state index in [9.17, 15) is 9.18 Å². The minimum atomic E-state index is -0.166. The summed E-state index contributed by atoms with van der Waals surface area (Å²) in [5.74, 6) is -0.0645. The molecule has 0 bridgehead atoms. The number of hydrogen-bond acceptors (Lipinski definition) is 2. The number of carbonyl (C=O) groups excluding carboxylic acids is 1. The number of ether oxygens (including phenoxy) is 1. The van der Waals surface area contributed by atoms with Crippen LogP contribution < -0.4 is 0 Å². The lowest BCUT2D eigenvalue weighted by atomic mass is 10.1. The first-order chi connectivity index (χ1) is 8.81. The zero-order valence-electron chi connectivity index (χ0n) is 11.9. The van der Waals surface area contributed by atoms with Crippen LogP contribution in [0.2, 0.25) is 0 Å². The van der Waals surface area contributed by atoms with Gasteiger partial charge in [-0.2, -0.15) is 0 Å². The predicted molar refractivity (Wildman–Crippen MR) is 73.4 cm³/mol. The lowest BCUT2D eigenvalue weighted by Crippen LogP contribution is -2.03. The molecule has 0 aromatic heterocycles. The Balaban J connectivity index is 3.01. The molecule has 0 saturated heterocycles. The van der Waals surface area contributed by atoms with E-state index in [1.807, 2.05) is 6.92 Å². The Kier molecular flexibility index (Phi) is 14.0. The van der Waals surface area contributed by atoms with E-state index in [0.717, 1.165) is 25.7 Å². The molecule has 0 rings (SSSR count). The Morgan fingerprint density at radius 3 is 1.72 bits per heavy atom. The van der Waals surface area contributed by atoms with E-state index in [-0.39, 0.29) is 12.6 Å². The predicted octanol–water partition coefficient (Wildman–Crippen LogP) is 4.81. The molecule has 108 valence electrons. The molecule has 0 fully saturated rings. The normalized spacial score (nSPS) is 10.6. The van der Waals surface area contributed by atoms with Gasteiger partial charge in [-0.3, -0.25) is 9.18 Å². The standard InChI is InChI=1S/C15H29FO2/c1-2-18-15(17)13-11-9-7-5-3-4-6-8-10-12-14-16/h2-14H2,1H3. The molecule has 0 saturated carbocycles. The summed E-state index contributed by atoms with van der Waals surface area (Å²) in [5, 5.41) is 0.